The molecule has 3 aromatic rings. The molecule has 0 atom stereocenters. The van der Waals surface area contributed by atoms with Crippen LogP contribution in [0, 0.1) is 13.8 Å². The third-order valence-corrected chi connectivity index (χ3v) is 4.91. The highest BCUT2D eigenvalue weighted by Crippen LogP contribution is 2.36. The number of aryl methyl sites for hydroxylation is 2. The van der Waals surface area contributed by atoms with E-state index in [2.05, 4.69) is 15.5 Å². The van der Waals surface area contributed by atoms with Crippen LogP contribution in [0.2, 0.25) is 0 Å². The van der Waals surface area contributed by atoms with Crippen molar-refractivity contribution >= 4 is 28.4 Å². The van der Waals surface area contributed by atoms with Crippen LogP contribution in [-0.4, -0.2) is 42.4 Å². The van der Waals surface area contributed by atoms with Gasteiger partial charge in [-0.05, 0) is 38.1 Å². The molecule has 0 bridgehead atoms. The second kappa shape index (κ2) is 7.60. The molecule has 0 radical (unpaired) electrons. The molecule has 7 nitrogen and oxygen atoms in total. The number of carbonyl (C=O) groups excluding carboxylic acids is 1. The number of rotatable bonds is 3. The van der Waals surface area contributed by atoms with E-state index in [0.29, 0.717) is 48.8 Å². The van der Waals surface area contributed by atoms with Crippen LogP contribution < -0.4 is 10.2 Å². The number of carbonyl (C=O) groups is 1. The Kier molecular flexibility index (Phi) is 5.10. The zero-order valence-electron chi connectivity index (χ0n) is 16.3. The standard InChI is InChI=1S/C20H19F3N4O3/c1-11-9-14(17-12(2)26-30-19(17)24-11)18(28)25-15-10-13(20(21,22)23)3-4-16(15)27-5-7-29-8-6-27/h3-4,9-10H,5-8H2,1-2H3,(H,25,28). The Bertz CT molecular complexity index is 1100. The van der Waals surface area contributed by atoms with E-state index in [-0.39, 0.29) is 17.0 Å². The van der Waals surface area contributed by atoms with Crippen molar-refractivity contribution in [2.75, 3.05) is 36.5 Å². The largest absolute Gasteiger partial charge is 0.416 e. The number of anilines is 2. The fourth-order valence-electron chi connectivity index (χ4n) is 3.48. The van der Waals surface area contributed by atoms with Gasteiger partial charge >= 0.3 is 6.18 Å². The van der Waals surface area contributed by atoms with E-state index >= 15 is 0 Å². The lowest BCUT2D eigenvalue weighted by atomic mass is 10.1. The average molecular weight is 420 g/mol. The molecule has 1 fully saturated rings. The van der Waals surface area contributed by atoms with Crippen molar-refractivity contribution in [2.45, 2.75) is 20.0 Å². The minimum Gasteiger partial charge on any atom is -0.378 e. The minimum atomic E-state index is -4.53. The van der Waals surface area contributed by atoms with Crippen molar-refractivity contribution in [1.29, 1.82) is 0 Å². The molecule has 1 aliphatic heterocycles. The molecular weight excluding hydrogens is 401 g/mol. The van der Waals surface area contributed by atoms with Gasteiger partial charge in [0.2, 0.25) is 0 Å². The summed E-state index contributed by atoms with van der Waals surface area (Å²) in [6.45, 7) is 5.30. The number of halogens is 3. The Morgan fingerprint density at radius 1 is 1.17 bits per heavy atom. The fourth-order valence-corrected chi connectivity index (χ4v) is 3.48. The van der Waals surface area contributed by atoms with E-state index < -0.39 is 17.6 Å². The zero-order chi connectivity index (χ0) is 21.5. The van der Waals surface area contributed by atoms with Crippen LogP contribution in [0.5, 0.6) is 0 Å². The molecule has 158 valence electrons. The molecule has 10 heteroatoms. The maximum absolute atomic E-state index is 13.3. The first kappa shape index (κ1) is 20.1. The first-order chi connectivity index (χ1) is 14.2. The lowest BCUT2D eigenvalue weighted by molar-refractivity contribution is -0.137. The number of hydrogen-bond donors (Lipinski definition) is 1. The van der Waals surface area contributed by atoms with Crippen molar-refractivity contribution in [2.24, 2.45) is 0 Å². The summed E-state index contributed by atoms with van der Waals surface area (Å²) < 4.78 is 50.4. The Morgan fingerprint density at radius 2 is 1.90 bits per heavy atom. The molecule has 0 unspecified atom stereocenters. The van der Waals surface area contributed by atoms with E-state index in [0.717, 1.165) is 12.1 Å². The van der Waals surface area contributed by atoms with Crippen molar-refractivity contribution in [1.82, 2.24) is 10.1 Å². The van der Waals surface area contributed by atoms with Crippen molar-refractivity contribution in [3.63, 3.8) is 0 Å². The Labute approximate surface area is 169 Å². The summed E-state index contributed by atoms with van der Waals surface area (Å²) >= 11 is 0. The lowest BCUT2D eigenvalue weighted by Crippen LogP contribution is -2.36. The predicted molar refractivity (Wildman–Crippen MR) is 104 cm³/mol. The van der Waals surface area contributed by atoms with Gasteiger partial charge in [0.1, 0.15) is 0 Å². The van der Waals surface area contributed by atoms with E-state index in [4.69, 9.17) is 9.26 Å². The number of aromatic nitrogens is 2. The second-order valence-electron chi connectivity index (χ2n) is 7.04. The lowest BCUT2D eigenvalue weighted by Gasteiger charge is -2.31. The minimum absolute atomic E-state index is 0.0773. The predicted octanol–water partition coefficient (Wildman–Crippen LogP) is 3.95. The smallest absolute Gasteiger partial charge is 0.378 e. The maximum Gasteiger partial charge on any atom is 0.416 e. The van der Waals surface area contributed by atoms with Gasteiger partial charge in [0.15, 0.2) is 0 Å². The van der Waals surface area contributed by atoms with Crippen LogP contribution in [0.1, 0.15) is 27.3 Å². The van der Waals surface area contributed by atoms with E-state index in [1.807, 2.05) is 4.90 Å². The van der Waals surface area contributed by atoms with Crippen LogP contribution in [0.4, 0.5) is 24.5 Å². The summed E-state index contributed by atoms with van der Waals surface area (Å²) in [5.74, 6) is -0.564. The molecule has 1 N–H and O–H groups in total. The molecule has 1 saturated heterocycles. The molecule has 30 heavy (non-hydrogen) atoms. The molecule has 0 aliphatic carbocycles. The number of ether oxygens (including phenoxy) is 1. The van der Waals surface area contributed by atoms with E-state index in [1.54, 1.807) is 19.9 Å². The number of hydrogen-bond acceptors (Lipinski definition) is 6. The summed E-state index contributed by atoms with van der Waals surface area (Å²) in [4.78, 5) is 19.2. The van der Waals surface area contributed by atoms with Gasteiger partial charge in [-0.15, -0.1) is 0 Å². The molecule has 1 aliphatic rings. The summed E-state index contributed by atoms with van der Waals surface area (Å²) in [5.41, 5.74) is 1.18. The third-order valence-electron chi connectivity index (χ3n) is 4.91. The van der Waals surface area contributed by atoms with Gasteiger partial charge in [-0.1, -0.05) is 5.16 Å². The number of pyridine rings is 1. The van der Waals surface area contributed by atoms with Gasteiger partial charge in [0.05, 0.1) is 46.8 Å². The van der Waals surface area contributed by atoms with Gasteiger partial charge in [0, 0.05) is 18.8 Å². The van der Waals surface area contributed by atoms with E-state index in [9.17, 15) is 18.0 Å². The monoisotopic (exact) mass is 420 g/mol. The molecular formula is C20H19F3N4O3. The number of fused-ring (bicyclic) bond motifs is 1. The summed E-state index contributed by atoms with van der Waals surface area (Å²) in [5, 5.41) is 6.92. The number of morpholine rings is 1. The number of nitrogens with one attached hydrogen (secondary N) is 1. The molecule has 1 amide bonds. The van der Waals surface area contributed by atoms with Crippen LogP contribution in [0.25, 0.3) is 11.1 Å². The second-order valence-corrected chi connectivity index (χ2v) is 7.04. The fraction of sp³-hybridized carbons (Fsp3) is 0.350. The Morgan fingerprint density at radius 3 is 2.60 bits per heavy atom. The van der Waals surface area contributed by atoms with E-state index in [1.165, 1.54) is 6.07 Å². The first-order valence-corrected chi connectivity index (χ1v) is 9.33. The Hall–Kier alpha value is -3.14. The number of nitrogens with zero attached hydrogens (tertiary/aromatic N) is 3. The Balaban J connectivity index is 1.76. The first-order valence-electron chi connectivity index (χ1n) is 9.33. The number of benzene rings is 1. The maximum atomic E-state index is 13.3. The molecule has 0 saturated carbocycles. The van der Waals surface area contributed by atoms with Crippen LogP contribution in [0.3, 0.4) is 0 Å². The van der Waals surface area contributed by atoms with Gasteiger partial charge in [-0.2, -0.15) is 13.2 Å². The van der Waals surface area contributed by atoms with Crippen LogP contribution in [0.15, 0.2) is 28.8 Å². The zero-order valence-corrected chi connectivity index (χ0v) is 16.3. The highest BCUT2D eigenvalue weighted by molar-refractivity contribution is 6.13. The average Bonchev–Trinajstić information content (AvgIpc) is 3.07. The van der Waals surface area contributed by atoms with Gasteiger partial charge in [0.25, 0.3) is 11.6 Å². The molecule has 4 rings (SSSR count). The summed E-state index contributed by atoms with van der Waals surface area (Å²) in [6, 6.07) is 4.90. The quantitative estimate of drug-likeness (QED) is 0.691. The molecule has 0 spiro atoms. The van der Waals surface area contributed by atoms with Crippen molar-refractivity contribution < 1.29 is 27.2 Å². The van der Waals surface area contributed by atoms with Crippen LogP contribution >= 0.6 is 0 Å². The van der Waals surface area contributed by atoms with Gasteiger partial charge < -0.3 is 19.5 Å². The van der Waals surface area contributed by atoms with Gasteiger partial charge in [-0.3, -0.25) is 4.79 Å². The van der Waals surface area contributed by atoms with Crippen molar-refractivity contribution in [3.8, 4) is 0 Å². The summed E-state index contributed by atoms with van der Waals surface area (Å²) in [7, 11) is 0. The third kappa shape index (κ3) is 3.82. The number of alkyl halides is 3. The number of amides is 1. The highest BCUT2D eigenvalue weighted by Gasteiger charge is 2.32. The topological polar surface area (TPSA) is 80.5 Å². The molecule has 3 heterocycles. The SMILES string of the molecule is Cc1cc(C(=O)Nc2cc(C(F)(F)F)ccc2N2CCOCC2)c2c(C)noc2n1. The molecule has 2 aromatic heterocycles. The van der Waals surface area contributed by atoms with Crippen LogP contribution in [-0.2, 0) is 10.9 Å². The summed E-state index contributed by atoms with van der Waals surface area (Å²) in [6.07, 6.45) is -4.53. The molecule has 1 aromatic carbocycles. The normalized spacial score (nSPS) is 14.9. The van der Waals surface area contributed by atoms with Gasteiger partial charge in [-0.25, -0.2) is 4.98 Å². The van der Waals surface area contributed by atoms with Crippen molar-refractivity contribution in [3.05, 3.63) is 46.8 Å². The highest BCUT2D eigenvalue weighted by atomic mass is 19.4.